The third-order valence-electron chi connectivity index (χ3n) is 3.73. The summed E-state index contributed by atoms with van der Waals surface area (Å²) in [6, 6.07) is 4.61. The van der Waals surface area contributed by atoms with Gasteiger partial charge in [0.2, 0.25) is 6.19 Å². The average Bonchev–Trinajstić information content (AvgIpc) is 2.43. The van der Waals surface area contributed by atoms with Gasteiger partial charge < -0.3 is 15.2 Å². The molecular formula is C16H19N3O3. The number of Topliss-reactive ketones (excluding diaryl/α,β-unsaturated/α-hetero) is 1. The zero-order chi connectivity index (χ0) is 16.5. The summed E-state index contributed by atoms with van der Waals surface area (Å²) in [7, 11) is 0. The number of amidine groups is 1. The van der Waals surface area contributed by atoms with Crippen molar-refractivity contribution in [2.45, 2.75) is 45.4 Å². The van der Waals surface area contributed by atoms with Crippen LogP contribution in [-0.4, -0.2) is 28.4 Å². The van der Waals surface area contributed by atoms with Crippen LogP contribution in [0.4, 0.5) is 0 Å². The molecule has 0 saturated carbocycles. The van der Waals surface area contributed by atoms with E-state index in [1.54, 1.807) is 45.2 Å². The Morgan fingerprint density at radius 2 is 2.14 bits per heavy atom. The lowest BCUT2D eigenvalue weighted by Gasteiger charge is -2.42. The van der Waals surface area contributed by atoms with E-state index in [2.05, 4.69) is 10.3 Å². The second-order valence-electron chi connectivity index (χ2n) is 5.88. The Bertz CT molecular complexity index is 674. The number of nitrogens with one attached hydrogen (secondary N) is 1. The minimum atomic E-state index is -0.869. The zero-order valence-corrected chi connectivity index (χ0v) is 13.0. The summed E-state index contributed by atoms with van der Waals surface area (Å²) in [6.45, 7) is 6.69. The largest absolute Gasteiger partial charge is 0.485 e. The number of carbonyl (C=O) groups excluding carboxylic acids is 1. The lowest BCUT2D eigenvalue weighted by Crippen LogP contribution is -2.53. The molecule has 0 spiro atoms. The smallest absolute Gasteiger partial charge is 0.207 e. The molecule has 0 fully saturated rings. The van der Waals surface area contributed by atoms with Crippen LogP contribution in [0.2, 0.25) is 0 Å². The number of ketones is 1. The van der Waals surface area contributed by atoms with Gasteiger partial charge in [-0.1, -0.05) is 0 Å². The number of nitrogens with zero attached hydrogens (tertiary/aromatic N) is 2. The minimum absolute atomic E-state index is 0.0664. The highest BCUT2D eigenvalue weighted by atomic mass is 16.5. The van der Waals surface area contributed by atoms with E-state index >= 15 is 0 Å². The van der Waals surface area contributed by atoms with Crippen LogP contribution in [0.15, 0.2) is 23.2 Å². The molecule has 2 rings (SSSR count). The van der Waals surface area contributed by atoms with Gasteiger partial charge >= 0.3 is 0 Å². The highest BCUT2D eigenvalue weighted by molar-refractivity contribution is 5.94. The maximum atomic E-state index is 11.6. The molecule has 1 heterocycles. The molecule has 2 atom stereocenters. The molecule has 0 amide bonds. The lowest BCUT2D eigenvalue weighted by molar-refractivity contribution is -0.0610. The number of aliphatic hydroxyl groups is 1. The third-order valence-corrected chi connectivity index (χ3v) is 3.73. The predicted octanol–water partition coefficient (Wildman–Crippen LogP) is 1.95. The van der Waals surface area contributed by atoms with E-state index in [9.17, 15) is 9.90 Å². The van der Waals surface area contributed by atoms with Crippen LogP contribution in [0.3, 0.4) is 0 Å². The first-order valence-corrected chi connectivity index (χ1v) is 6.98. The average molecular weight is 301 g/mol. The van der Waals surface area contributed by atoms with Gasteiger partial charge in [-0.2, -0.15) is 10.3 Å². The Hall–Kier alpha value is -2.39. The van der Waals surface area contributed by atoms with E-state index in [0.29, 0.717) is 22.7 Å². The molecule has 1 aliphatic heterocycles. The van der Waals surface area contributed by atoms with Gasteiger partial charge in [0.25, 0.3) is 0 Å². The number of carbonyl (C=O) groups is 1. The number of aliphatic hydroxyl groups excluding tert-OH is 1. The molecule has 6 heteroatoms. The van der Waals surface area contributed by atoms with Crippen LogP contribution in [0.25, 0.3) is 0 Å². The zero-order valence-electron chi connectivity index (χ0n) is 13.0. The second kappa shape index (κ2) is 5.78. The Morgan fingerprint density at radius 3 is 2.73 bits per heavy atom. The fourth-order valence-electron chi connectivity index (χ4n) is 2.51. The number of hydrogen-bond acceptors (Lipinski definition) is 5. The molecule has 1 aliphatic rings. The van der Waals surface area contributed by atoms with E-state index in [0.717, 1.165) is 0 Å². The minimum Gasteiger partial charge on any atom is -0.485 e. The fourth-order valence-corrected chi connectivity index (χ4v) is 2.51. The van der Waals surface area contributed by atoms with Gasteiger partial charge in [-0.25, -0.2) is 0 Å². The molecule has 0 bridgehead atoms. The van der Waals surface area contributed by atoms with Crippen LogP contribution >= 0.6 is 0 Å². The first-order chi connectivity index (χ1) is 10.3. The first-order valence-electron chi connectivity index (χ1n) is 6.98. The van der Waals surface area contributed by atoms with Gasteiger partial charge in [0.15, 0.2) is 5.78 Å². The Kier molecular flexibility index (Phi) is 4.20. The van der Waals surface area contributed by atoms with Gasteiger partial charge in [-0.15, -0.1) is 0 Å². The van der Waals surface area contributed by atoms with Crippen LogP contribution in [0.5, 0.6) is 5.75 Å². The number of fused-ring (bicyclic) bond motifs is 1. The van der Waals surface area contributed by atoms with E-state index in [-0.39, 0.29) is 5.78 Å². The summed E-state index contributed by atoms with van der Waals surface area (Å²) >= 11 is 0. The van der Waals surface area contributed by atoms with Crippen molar-refractivity contribution in [2.75, 3.05) is 0 Å². The van der Waals surface area contributed by atoms with Crippen molar-refractivity contribution >= 4 is 11.6 Å². The van der Waals surface area contributed by atoms with Crippen molar-refractivity contribution in [3.8, 4) is 11.9 Å². The van der Waals surface area contributed by atoms with Gasteiger partial charge in [-0.05, 0) is 45.9 Å². The maximum absolute atomic E-state index is 11.6. The van der Waals surface area contributed by atoms with Crippen molar-refractivity contribution in [1.82, 2.24) is 5.32 Å². The van der Waals surface area contributed by atoms with Gasteiger partial charge in [0.05, 0.1) is 6.04 Å². The number of nitriles is 1. The molecule has 2 N–H and O–H groups in total. The van der Waals surface area contributed by atoms with Crippen LogP contribution in [0.1, 0.15) is 49.7 Å². The summed E-state index contributed by atoms with van der Waals surface area (Å²) in [6.07, 6.45) is 0.835. The fraction of sp³-hybridized carbons (Fsp3) is 0.438. The molecule has 6 nitrogen and oxygen atoms in total. The molecule has 1 aromatic rings. The monoisotopic (exact) mass is 301 g/mol. The maximum Gasteiger partial charge on any atom is 0.207 e. The number of benzene rings is 1. The van der Waals surface area contributed by atoms with E-state index in [1.807, 2.05) is 0 Å². The number of hydrogen-bond donors (Lipinski definition) is 2. The van der Waals surface area contributed by atoms with Crippen molar-refractivity contribution in [2.24, 2.45) is 4.99 Å². The summed E-state index contributed by atoms with van der Waals surface area (Å²) in [5.74, 6) is 0.925. The summed E-state index contributed by atoms with van der Waals surface area (Å²) in [5.41, 5.74) is 0.401. The van der Waals surface area contributed by atoms with E-state index in [4.69, 9.17) is 10.00 Å². The van der Waals surface area contributed by atoms with Crippen molar-refractivity contribution < 1.29 is 14.6 Å². The topological polar surface area (TPSA) is 94.7 Å². The normalized spacial score (nSPS) is 23.0. The third kappa shape index (κ3) is 2.95. The SMILES string of the molecule is CC(=O)c1ccc2c(c1)[C@H](N/C(C)=N/C#N)[C@@H](O)C(C)(C)O2. The number of aliphatic imine (C=N–C) groups is 1. The van der Waals surface area contributed by atoms with Crippen LogP contribution in [-0.2, 0) is 0 Å². The highest BCUT2D eigenvalue weighted by Gasteiger charge is 2.43. The number of rotatable bonds is 2. The Balaban J connectivity index is 2.51. The van der Waals surface area contributed by atoms with E-state index < -0.39 is 17.7 Å². The summed E-state index contributed by atoms with van der Waals surface area (Å²) in [5, 5.41) is 22.3. The van der Waals surface area contributed by atoms with Gasteiger partial charge in [0, 0.05) is 11.1 Å². The van der Waals surface area contributed by atoms with Gasteiger partial charge in [0.1, 0.15) is 23.3 Å². The Labute approximate surface area is 129 Å². The van der Waals surface area contributed by atoms with Crippen LogP contribution in [0, 0.1) is 11.5 Å². The summed E-state index contributed by atoms with van der Waals surface area (Å²) in [4.78, 5) is 15.2. The number of ether oxygens (including phenoxy) is 1. The highest BCUT2D eigenvalue weighted by Crippen LogP contribution is 2.40. The molecule has 0 radical (unpaired) electrons. The molecule has 116 valence electrons. The molecule has 0 aromatic heterocycles. The lowest BCUT2D eigenvalue weighted by atomic mass is 9.85. The molecule has 0 unspecified atom stereocenters. The van der Waals surface area contributed by atoms with Gasteiger partial charge in [-0.3, -0.25) is 4.79 Å². The van der Waals surface area contributed by atoms with Crippen molar-refractivity contribution in [3.05, 3.63) is 29.3 Å². The van der Waals surface area contributed by atoms with Crippen molar-refractivity contribution in [1.29, 1.82) is 5.26 Å². The quantitative estimate of drug-likeness (QED) is 0.377. The second-order valence-corrected chi connectivity index (χ2v) is 5.88. The van der Waals surface area contributed by atoms with Crippen LogP contribution < -0.4 is 10.1 Å². The molecule has 0 saturated heterocycles. The predicted molar refractivity (Wildman–Crippen MR) is 81.8 cm³/mol. The molecule has 22 heavy (non-hydrogen) atoms. The Morgan fingerprint density at radius 1 is 1.45 bits per heavy atom. The molecule has 1 aromatic carbocycles. The van der Waals surface area contributed by atoms with Crippen molar-refractivity contribution in [3.63, 3.8) is 0 Å². The standard InChI is InChI=1S/C16H19N3O3/c1-9(20)11-5-6-13-12(7-11)14(19-10(2)18-8-17)15(21)16(3,4)22-13/h5-7,14-15,21H,1-4H3,(H,18,19)/t14-,15+/m0/s1. The molecular weight excluding hydrogens is 282 g/mol. The first kappa shape index (κ1) is 16.0. The summed E-state index contributed by atoms with van der Waals surface area (Å²) < 4.78 is 5.83. The molecule has 0 aliphatic carbocycles. The van der Waals surface area contributed by atoms with E-state index in [1.165, 1.54) is 6.92 Å².